The smallest absolute Gasteiger partial charge is 0.225 e. The fourth-order valence-corrected chi connectivity index (χ4v) is 3.30. The quantitative estimate of drug-likeness (QED) is 0.736. The zero-order valence-corrected chi connectivity index (χ0v) is 14.8. The number of benzene rings is 1. The normalized spacial score (nSPS) is 13.8. The highest BCUT2D eigenvalue weighted by atomic mass is 15.3. The van der Waals surface area contributed by atoms with Crippen LogP contribution in [0.4, 0.5) is 5.95 Å². The maximum Gasteiger partial charge on any atom is 0.225 e. The Balaban J connectivity index is 1.47. The maximum atomic E-state index is 4.65. The highest BCUT2D eigenvalue weighted by Gasteiger charge is 2.22. The molecular formula is C20H23N5. The molecule has 0 unspecified atom stereocenters. The number of aromatic nitrogens is 4. The van der Waals surface area contributed by atoms with Gasteiger partial charge in [-0.05, 0) is 31.4 Å². The van der Waals surface area contributed by atoms with Crippen molar-refractivity contribution in [1.82, 2.24) is 19.5 Å². The summed E-state index contributed by atoms with van der Waals surface area (Å²) in [5.74, 6) is 0.813. The molecule has 1 aromatic carbocycles. The third-order valence-corrected chi connectivity index (χ3v) is 4.97. The topological polar surface area (TPSA) is 46.8 Å². The molecule has 0 atom stereocenters. The van der Waals surface area contributed by atoms with Gasteiger partial charge in [-0.1, -0.05) is 30.3 Å². The first-order valence-electron chi connectivity index (χ1n) is 8.82. The fourth-order valence-electron chi connectivity index (χ4n) is 3.30. The van der Waals surface area contributed by atoms with E-state index in [1.54, 1.807) is 0 Å². The van der Waals surface area contributed by atoms with Crippen LogP contribution >= 0.6 is 0 Å². The van der Waals surface area contributed by atoms with E-state index in [9.17, 15) is 0 Å². The highest BCUT2D eigenvalue weighted by Crippen LogP contribution is 2.22. The molecule has 0 bridgehead atoms. The van der Waals surface area contributed by atoms with Crippen LogP contribution in [-0.4, -0.2) is 26.1 Å². The Morgan fingerprint density at radius 1 is 1.08 bits per heavy atom. The zero-order valence-electron chi connectivity index (χ0n) is 14.8. The highest BCUT2D eigenvalue weighted by molar-refractivity contribution is 5.37. The Morgan fingerprint density at radius 3 is 2.72 bits per heavy atom. The van der Waals surface area contributed by atoms with Gasteiger partial charge in [-0.2, -0.15) is 0 Å². The van der Waals surface area contributed by atoms with Gasteiger partial charge >= 0.3 is 0 Å². The summed E-state index contributed by atoms with van der Waals surface area (Å²) in [6.45, 7) is 6.78. The third-order valence-electron chi connectivity index (χ3n) is 4.97. The average molecular weight is 333 g/mol. The van der Waals surface area contributed by atoms with Gasteiger partial charge in [0.15, 0.2) is 0 Å². The van der Waals surface area contributed by atoms with E-state index in [-0.39, 0.29) is 0 Å². The number of imidazole rings is 1. The van der Waals surface area contributed by atoms with Crippen LogP contribution in [0.15, 0.2) is 42.9 Å². The number of nitrogens with zero attached hydrogens (tertiary/aromatic N) is 5. The lowest BCUT2D eigenvalue weighted by Gasteiger charge is -2.27. The van der Waals surface area contributed by atoms with Crippen LogP contribution in [0.2, 0.25) is 0 Å². The van der Waals surface area contributed by atoms with Crippen molar-refractivity contribution in [2.45, 2.75) is 39.8 Å². The van der Waals surface area contributed by atoms with Crippen LogP contribution in [0, 0.1) is 13.8 Å². The summed E-state index contributed by atoms with van der Waals surface area (Å²) in [4.78, 5) is 16.0. The number of aryl methyl sites for hydroxylation is 4. The molecule has 0 N–H and O–H groups in total. The average Bonchev–Trinajstić information content (AvgIpc) is 3.05. The van der Waals surface area contributed by atoms with Crippen molar-refractivity contribution in [2.24, 2.45) is 0 Å². The van der Waals surface area contributed by atoms with Crippen LogP contribution in [0.3, 0.4) is 0 Å². The lowest BCUT2D eigenvalue weighted by atomic mass is 10.1. The van der Waals surface area contributed by atoms with Crippen molar-refractivity contribution in [2.75, 3.05) is 11.4 Å². The van der Waals surface area contributed by atoms with Crippen molar-refractivity contribution in [3.63, 3.8) is 0 Å². The van der Waals surface area contributed by atoms with Gasteiger partial charge in [0.05, 0.1) is 18.6 Å². The Kier molecular flexibility index (Phi) is 4.22. The van der Waals surface area contributed by atoms with Crippen molar-refractivity contribution in [1.29, 1.82) is 0 Å². The molecule has 128 valence electrons. The summed E-state index contributed by atoms with van der Waals surface area (Å²) < 4.78 is 2.31. The van der Waals surface area contributed by atoms with E-state index in [1.165, 1.54) is 11.3 Å². The maximum absolute atomic E-state index is 4.65. The summed E-state index contributed by atoms with van der Waals surface area (Å²) in [7, 11) is 0. The van der Waals surface area contributed by atoms with E-state index in [0.717, 1.165) is 55.4 Å². The first kappa shape index (κ1) is 15.8. The van der Waals surface area contributed by atoms with Gasteiger partial charge in [0.2, 0.25) is 5.95 Å². The first-order chi connectivity index (χ1) is 12.2. The molecule has 0 amide bonds. The predicted octanol–water partition coefficient (Wildman–Crippen LogP) is 3.10. The summed E-state index contributed by atoms with van der Waals surface area (Å²) in [6.07, 6.45) is 5.91. The van der Waals surface area contributed by atoms with Crippen LogP contribution in [0.25, 0.3) is 0 Å². The Hall–Kier alpha value is -2.69. The summed E-state index contributed by atoms with van der Waals surface area (Å²) in [5, 5.41) is 0. The molecular weight excluding hydrogens is 310 g/mol. The van der Waals surface area contributed by atoms with E-state index in [0.29, 0.717) is 0 Å². The second kappa shape index (κ2) is 6.67. The number of rotatable bonds is 4. The third kappa shape index (κ3) is 3.27. The zero-order chi connectivity index (χ0) is 17.2. The molecule has 4 rings (SSSR count). The molecule has 3 heterocycles. The largest absolute Gasteiger partial charge is 0.334 e. The molecule has 1 aliphatic rings. The summed E-state index contributed by atoms with van der Waals surface area (Å²) >= 11 is 0. The van der Waals surface area contributed by atoms with Crippen LogP contribution in [-0.2, 0) is 25.9 Å². The van der Waals surface area contributed by atoms with Crippen molar-refractivity contribution in [3.8, 4) is 0 Å². The standard InChI is InChI=1S/C20H23N5/c1-15-12-21-20(23-16(15)2)24-11-9-19-18(13-24)22-14-25(19)10-8-17-6-4-3-5-7-17/h3-7,12,14H,8-11,13H2,1-2H3. The van der Waals surface area contributed by atoms with Crippen molar-refractivity contribution < 1.29 is 0 Å². The van der Waals surface area contributed by atoms with Gasteiger partial charge in [0.25, 0.3) is 0 Å². The van der Waals surface area contributed by atoms with E-state index >= 15 is 0 Å². The minimum Gasteiger partial charge on any atom is -0.334 e. The Bertz CT molecular complexity index is 869. The van der Waals surface area contributed by atoms with Gasteiger partial charge in [-0.25, -0.2) is 15.0 Å². The molecule has 5 heteroatoms. The summed E-state index contributed by atoms with van der Waals surface area (Å²) in [6, 6.07) is 10.6. The molecule has 1 aliphatic heterocycles. The lowest BCUT2D eigenvalue weighted by molar-refractivity contribution is 0.618. The molecule has 25 heavy (non-hydrogen) atoms. The number of anilines is 1. The molecule has 5 nitrogen and oxygen atoms in total. The molecule has 0 aliphatic carbocycles. The minimum absolute atomic E-state index is 0.788. The number of hydrogen-bond acceptors (Lipinski definition) is 4. The van der Waals surface area contributed by atoms with E-state index in [2.05, 4.69) is 54.8 Å². The first-order valence-corrected chi connectivity index (χ1v) is 8.82. The van der Waals surface area contributed by atoms with Gasteiger partial charge in [0.1, 0.15) is 0 Å². The van der Waals surface area contributed by atoms with Gasteiger partial charge in [0, 0.05) is 37.1 Å². The predicted molar refractivity (Wildman–Crippen MR) is 98.6 cm³/mol. The molecule has 0 saturated heterocycles. The van der Waals surface area contributed by atoms with Crippen LogP contribution < -0.4 is 4.90 Å². The molecule has 0 fully saturated rings. The van der Waals surface area contributed by atoms with E-state index < -0.39 is 0 Å². The van der Waals surface area contributed by atoms with Gasteiger partial charge < -0.3 is 9.47 Å². The number of hydrogen-bond donors (Lipinski definition) is 0. The van der Waals surface area contributed by atoms with Crippen LogP contribution in [0.5, 0.6) is 0 Å². The Morgan fingerprint density at radius 2 is 1.92 bits per heavy atom. The molecule has 2 aromatic heterocycles. The SMILES string of the molecule is Cc1cnc(N2CCc3c(ncn3CCc3ccccc3)C2)nc1C. The monoisotopic (exact) mass is 333 g/mol. The second-order valence-corrected chi connectivity index (χ2v) is 6.68. The van der Waals surface area contributed by atoms with E-state index in [4.69, 9.17) is 0 Å². The summed E-state index contributed by atoms with van der Waals surface area (Å²) in [5.41, 5.74) is 6.05. The molecule has 0 saturated carbocycles. The molecule has 0 spiro atoms. The van der Waals surface area contributed by atoms with E-state index in [1.807, 2.05) is 26.4 Å². The van der Waals surface area contributed by atoms with Gasteiger partial charge in [-0.15, -0.1) is 0 Å². The molecule has 0 radical (unpaired) electrons. The van der Waals surface area contributed by atoms with Gasteiger partial charge in [-0.3, -0.25) is 0 Å². The Labute approximate surface area is 148 Å². The molecule has 3 aromatic rings. The van der Waals surface area contributed by atoms with Crippen molar-refractivity contribution in [3.05, 3.63) is 71.1 Å². The number of fused-ring (bicyclic) bond motifs is 1. The lowest BCUT2D eigenvalue weighted by Crippen LogP contribution is -2.32. The minimum atomic E-state index is 0.788. The fraction of sp³-hybridized carbons (Fsp3) is 0.350. The second-order valence-electron chi connectivity index (χ2n) is 6.68. The van der Waals surface area contributed by atoms with Crippen molar-refractivity contribution >= 4 is 5.95 Å². The van der Waals surface area contributed by atoms with Crippen LogP contribution in [0.1, 0.15) is 28.2 Å².